The van der Waals surface area contributed by atoms with Crippen LogP contribution in [0, 0.1) is 38.5 Å². The molecule has 0 amide bonds. The minimum Gasteiger partial charge on any atom is -0.0312 e. The average Bonchev–Trinajstić information content (AvgIpc) is 3.64. The summed E-state index contributed by atoms with van der Waals surface area (Å²) in [7, 11) is -11.7. The van der Waals surface area contributed by atoms with Crippen LogP contribution in [0.1, 0.15) is 0 Å². The van der Waals surface area contributed by atoms with Crippen LogP contribution in [0.25, 0.3) is 0 Å². The Kier molecular flexibility index (Phi) is 17.8. The maximum absolute atomic E-state index is 11.1. The zero-order chi connectivity index (χ0) is 37.5. The van der Waals surface area contributed by atoms with Crippen molar-refractivity contribution in [2.45, 2.75) is 12.1 Å². The van der Waals surface area contributed by atoms with Gasteiger partial charge in [-0.25, -0.2) is 8.78 Å². The number of hydrogen-bond acceptors (Lipinski definition) is 0. The Labute approximate surface area is 300 Å². The van der Waals surface area contributed by atoms with E-state index in [1.54, 1.807) is 0 Å². The standard InChI is InChI=1S/C26H22P2.C5H5.C3F7.Co.F6P/c1-5-13-23(14-6-1)27(24-15-7-2-8-16-24)21-22-28(25-17-9-3-10-18-25)26-19-11-4-12-20-26;1-2-4-5-3-1;4-1(5)2(6,7)3(8,9)10;;1-7(2,3,4,5)6/h1-22H;1-5H;;;/q;;-1;+2;-1/b22-21+;;;;. The molecule has 278 valence electrons. The van der Waals surface area contributed by atoms with Crippen LogP contribution >= 0.6 is 23.7 Å². The normalized spacial score (nSPS) is 14.6. The van der Waals surface area contributed by atoms with E-state index in [4.69, 9.17) is 0 Å². The Bertz CT molecular complexity index is 1370. The van der Waals surface area contributed by atoms with Crippen molar-refractivity contribution < 1.29 is 72.7 Å². The second-order valence-corrected chi connectivity index (χ2v) is 15.7. The molecule has 0 spiro atoms. The van der Waals surface area contributed by atoms with E-state index in [1.165, 1.54) is 21.2 Å². The van der Waals surface area contributed by atoms with E-state index in [1.807, 2.05) is 32.1 Å². The zero-order valence-corrected chi connectivity index (χ0v) is 29.4. The van der Waals surface area contributed by atoms with Gasteiger partial charge in [-0.3, -0.25) is 0 Å². The summed E-state index contributed by atoms with van der Waals surface area (Å²) in [5, 5.41) is 5.54. The molecule has 1 aliphatic rings. The molecular weight excluding hydrogens is 807 g/mol. The summed E-state index contributed by atoms with van der Waals surface area (Å²) in [6.07, 6.45) is -0.147. The Morgan fingerprint density at radius 2 is 0.627 bits per heavy atom. The van der Waals surface area contributed by atoms with Crippen LogP contribution < -0.4 is 21.2 Å². The molecule has 6 radical (unpaired) electrons. The summed E-state index contributed by atoms with van der Waals surface area (Å²) in [6.45, 7) is 0. The monoisotopic (exact) mass is 834 g/mol. The van der Waals surface area contributed by atoms with Gasteiger partial charge in [-0.15, -0.1) is 0 Å². The molecule has 0 saturated heterocycles. The van der Waals surface area contributed by atoms with Gasteiger partial charge in [0.25, 0.3) is 5.92 Å². The van der Waals surface area contributed by atoms with Gasteiger partial charge in [0.1, 0.15) is 0 Å². The minimum atomic E-state index is -10.7. The predicted molar refractivity (Wildman–Crippen MR) is 179 cm³/mol. The SMILES string of the molecule is C(=C\P(c1ccccc1)c1ccccc1)/P(c1ccccc1)c1ccccc1.F[C-](F)C(F)(F)C(F)(F)F.F[P-](F)(F)(F)(F)F.[CH]1[CH][CH][CH][CH]1.[Co+2]. The summed E-state index contributed by atoms with van der Waals surface area (Å²) >= 11 is 0. The fourth-order valence-corrected chi connectivity index (χ4v) is 7.88. The molecule has 0 bridgehead atoms. The van der Waals surface area contributed by atoms with E-state index in [9.17, 15) is 55.9 Å². The van der Waals surface area contributed by atoms with Gasteiger partial charge in [-0.05, 0) is 69.2 Å². The van der Waals surface area contributed by atoms with E-state index in [0.29, 0.717) is 0 Å². The van der Waals surface area contributed by atoms with Crippen molar-refractivity contribution in [2.24, 2.45) is 0 Å². The van der Waals surface area contributed by atoms with Crippen molar-refractivity contribution in [3.63, 3.8) is 0 Å². The number of hydrogen-bond donors (Lipinski definition) is 0. The van der Waals surface area contributed by atoms with Crippen molar-refractivity contribution >= 4 is 44.9 Å². The van der Waals surface area contributed by atoms with Crippen LogP contribution in [0.4, 0.5) is 55.9 Å². The largest absolute Gasteiger partial charge is 2.00 e. The van der Waals surface area contributed by atoms with Gasteiger partial charge in [0, 0.05) is 0 Å². The predicted octanol–water partition coefficient (Wildman–Crippen LogP) is 12.7. The fraction of sp³-hybridized carbons (Fsp3) is 0.0588. The summed E-state index contributed by atoms with van der Waals surface area (Å²) < 4.78 is 135. The van der Waals surface area contributed by atoms with Gasteiger partial charge in [0.05, 0.1) is 6.43 Å². The first-order chi connectivity index (χ1) is 23.1. The maximum atomic E-state index is 11.1. The van der Waals surface area contributed by atoms with Crippen molar-refractivity contribution in [2.75, 3.05) is 0 Å². The third-order valence-electron chi connectivity index (χ3n) is 5.65. The molecule has 0 aliphatic heterocycles. The Morgan fingerprint density at radius 1 is 0.431 bits per heavy atom. The molecule has 0 nitrogen and oxygen atoms in total. The van der Waals surface area contributed by atoms with Crippen LogP contribution in [0.2, 0.25) is 0 Å². The smallest absolute Gasteiger partial charge is 0.0312 e. The maximum Gasteiger partial charge on any atom is 2.00 e. The Hall–Kier alpha value is -2.49. The van der Waals surface area contributed by atoms with Crippen molar-refractivity contribution in [1.82, 2.24) is 0 Å². The number of rotatable bonds is 7. The minimum absolute atomic E-state index is 0. The van der Waals surface area contributed by atoms with Crippen LogP contribution in [-0.4, -0.2) is 12.1 Å². The quantitative estimate of drug-likeness (QED) is 0.0988. The number of alkyl halides is 5. The molecule has 1 aliphatic carbocycles. The molecule has 51 heavy (non-hydrogen) atoms. The molecule has 4 aromatic carbocycles. The first kappa shape index (κ1) is 46.5. The van der Waals surface area contributed by atoms with E-state index in [-0.39, 0.29) is 16.8 Å². The third-order valence-corrected chi connectivity index (χ3v) is 10.2. The second-order valence-electron chi connectivity index (χ2n) is 9.63. The molecule has 0 heterocycles. The molecule has 0 N–H and O–H groups in total. The van der Waals surface area contributed by atoms with Crippen LogP contribution in [0.15, 0.2) is 133 Å². The van der Waals surface area contributed by atoms with E-state index in [2.05, 4.69) is 133 Å². The fourth-order valence-electron chi connectivity index (χ4n) is 3.56. The number of benzene rings is 4. The van der Waals surface area contributed by atoms with Gasteiger partial charge >= 0.3 is 55.9 Å². The summed E-state index contributed by atoms with van der Waals surface area (Å²) in [6, 6.07) is 43.4. The number of halogens is 13. The average molecular weight is 834 g/mol. The molecule has 5 rings (SSSR count). The van der Waals surface area contributed by atoms with E-state index < -0.39 is 42.2 Å². The van der Waals surface area contributed by atoms with Crippen molar-refractivity contribution in [3.05, 3.63) is 171 Å². The molecule has 0 atom stereocenters. The van der Waals surface area contributed by atoms with Crippen molar-refractivity contribution in [1.29, 1.82) is 0 Å². The van der Waals surface area contributed by atoms with E-state index in [0.717, 1.165) is 0 Å². The first-order valence-electron chi connectivity index (χ1n) is 13.9. The Balaban J connectivity index is 0.000000462. The van der Waals surface area contributed by atoms with Crippen molar-refractivity contribution in [3.8, 4) is 0 Å². The van der Waals surface area contributed by atoms with E-state index >= 15 is 0 Å². The van der Waals surface area contributed by atoms with Crippen LogP contribution in [-0.2, 0) is 16.8 Å². The third kappa shape index (κ3) is 19.8. The second kappa shape index (κ2) is 19.5. The molecular formula is C34H27CoF13P3. The Morgan fingerprint density at radius 3 is 0.765 bits per heavy atom. The molecule has 1 fully saturated rings. The van der Waals surface area contributed by atoms with Gasteiger partial charge in [0.15, 0.2) is 0 Å². The first-order valence-corrected chi connectivity index (χ1v) is 18.7. The molecule has 1 saturated carbocycles. The van der Waals surface area contributed by atoms with Crippen LogP contribution in [0.3, 0.4) is 0 Å². The van der Waals surface area contributed by atoms with Crippen LogP contribution in [0.5, 0.6) is 0 Å². The van der Waals surface area contributed by atoms with Gasteiger partial charge in [0.2, 0.25) is 0 Å². The summed E-state index contributed by atoms with van der Waals surface area (Å²) in [5.74, 6) is -1.08. The topological polar surface area (TPSA) is 0 Å². The molecule has 4 aromatic rings. The van der Waals surface area contributed by atoms with Gasteiger partial charge in [-0.1, -0.05) is 133 Å². The summed E-state index contributed by atoms with van der Waals surface area (Å²) in [5.41, 5.74) is 0. The molecule has 0 unspecified atom stereocenters. The van der Waals surface area contributed by atoms with Gasteiger partial charge < -0.3 is 8.78 Å². The zero-order valence-electron chi connectivity index (χ0n) is 25.7. The van der Waals surface area contributed by atoms with Gasteiger partial charge in [-0.2, -0.15) is 13.2 Å². The molecule has 0 aromatic heterocycles. The summed E-state index contributed by atoms with van der Waals surface area (Å²) in [4.78, 5) is 0. The molecule has 17 heteroatoms.